The summed E-state index contributed by atoms with van der Waals surface area (Å²) in [4.78, 5) is 15.9. The van der Waals surface area contributed by atoms with Crippen molar-refractivity contribution in [2.24, 2.45) is 0 Å². The molecule has 1 N–H and O–H groups in total. The summed E-state index contributed by atoms with van der Waals surface area (Å²) < 4.78 is 15.9. The number of ether oxygens (including phenoxy) is 3. The van der Waals surface area contributed by atoms with Gasteiger partial charge in [0.05, 0.1) is 33.3 Å². The first-order valence-electron chi connectivity index (χ1n) is 9.54. The minimum Gasteiger partial charge on any atom is -0.497 e. The Kier molecular flexibility index (Phi) is 5.48. The number of fused-ring (bicyclic) bond motifs is 1. The molecule has 0 radical (unpaired) electrons. The molecule has 1 amide bonds. The predicted octanol–water partition coefficient (Wildman–Crippen LogP) is 1.36. The Morgan fingerprint density at radius 1 is 1.11 bits per heavy atom. The number of carbonyl (C=O) groups is 1. The van der Waals surface area contributed by atoms with Crippen molar-refractivity contribution in [3.8, 4) is 17.2 Å². The van der Waals surface area contributed by atoms with Gasteiger partial charge in [0.2, 0.25) is 12.7 Å². The first kappa shape index (κ1) is 18.4. The summed E-state index contributed by atoms with van der Waals surface area (Å²) in [6, 6.07) is 13.9. The van der Waals surface area contributed by atoms with E-state index in [-0.39, 0.29) is 12.7 Å². The number of carbonyl (C=O) groups excluding carboxylic acids is 1. The number of rotatable bonds is 5. The van der Waals surface area contributed by atoms with Crippen LogP contribution in [-0.4, -0.2) is 50.9 Å². The number of amides is 1. The number of benzene rings is 2. The second-order valence-corrected chi connectivity index (χ2v) is 7.05. The van der Waals surface area contributed by atoms with Crippen molar-refractivity contribution in [2.45, 2.75) is 6.54 Å². The van der Waals surface area contributed by atoms with Gasteiger partial charge in [-0.15, -0.1) is 0 Å². The second kappa shape index (κ2) is 8.35. The standard InChI is InChI=1S/C22H24N2O4/c1-26-19-6-2-18(3-7-19)15-23-10-12-24(13-11-23)22(25)9-5-17-4-8-20-21(14-17)28-16-27-20/h2-9,14H,10-13,15-16H2,1H3/p+1/b9-5+. The zero-order valence-electron chi connectivity index (χ0n) is 16.0. The average Bonchev–Trinajstić information content (AvgIpc) is 3.21. The molecule has 0 atom stereocenters. The lowest BCUT2D eigenvalue weighted by molar-refractivity contribution is -0.917. The fourth-order valence-electron chi connectivity index (χ4n) is 3.54. The highest BCUT2D eigenvalue weighted by Gasteiger charge is 2.22. The Labute approximate surface area is 164 Å². The Balaban J connectivity index is 1.27. The topological polar surface area (TPSA) is 52.4 Å². The number of quaternary nitrogens is 1. The maximum absolute atomic E-state index is 12.5. The Hall–Kier alpha value is -2.99. The maximum Gasteiger partial charge on any atom is 0.246 e. The van der Waals surface area contributed by atoms with E-state index in [4.69, 9.17) is 14.2 Å². The van der Waals surface area contributed by atoms with Gasteiger partial charge in [0.1, 0.15) is 12.3 Å². The zero-order valence-corrected chi connectivity index (χ0v) is 16.0. The summed E-state index contributed by atoms with van der Waals surface area (Å²) in [6.45, 7) is 4.68. The largest absolute Gasteiger partial charge is 0.497 e. The van der Waals surface area contributed by atoms with Crippen LogP contribution in [0.15, 0.2) is 48.5 Å². The van der Waals surface area contributed by atoms with Crippen LogP contribution in [0.25, 0.3) is 6.08 Å². The Morgan fingerprint density at radius 2 is 1.86 bits per heavy atom. The molecule has 2 aliphatic rings. The average molecular weight is 381 g/mol. The molecule has 0 unspecified atom stereocenters. The van der Waals surface area contributed by atoms with Crippen LogP contribution in [-0.2, 0) is 11.3 Å². The fourth-order valence-corrected chi connectivity index (χ4v) is 3.54. The van der Waals surface area contributed by atoms with Gasteiger partial charge in [-0.25, -0.2) is 0 Å². The number of nitrogens with zero attached hydrogens (tertiary/aromatic N) is 1. The van der Waals surface area contributed by atoms with Gasteiger partial charge < -0.3 is 24.0 Å². The van der Waals surface area contributed by atoms with Gasteiger partial charge in [0.25, 0.3) is 0 Å². The number of nitrogens with one attached hydrogen (secondary N) is 1. The molecular formula is C22H25N2O4+. The van der Waals surface area contributed by atoms with Crippen molar-refractivity contribution in [1.29, 1.82) is 0 Å². The van der Waals surface area contributed by atoms with Gasteiger partial charge in [0.15, 0.2) is 11.5 Å². The molecule has 0 saturated carbocycles. The molecule has 146 valence electrons. The minimum atomic E-state index is 0.0566. The molecule has 1 fully saturated rings. The van der Waals surface area contributed by atoms with Crippen LogP contribution in [0, 0.1) is 0 Å². The normalized spacial score (nSPS) is 16.5. The molecule has 0 aliphatic carbocycles. The van der Waals surface area contributed by atoms with E-state index >= 15 is 0 Å². The third-order valence-electron chi connectivity index (χ3n) is 5.21. The second-order valence-electron chi connectivity index (χ2n) is 7.05. The lowest BCUT2D eigenvalue weighted by Crippen LogP contribution is -3.13. The van der Waals surface area contributed by atoms with Crippen LogP contribution >= 0.6 is 0 Å². The Morgan fingerprint density at radius 3 is 2.61 bits per heavy atom. The molecule has 6 nitrogen and oxygen atoms in total. The first-order valence-corrected chi connectivity index (χ1v) is 9.54. The van der Waals surface area contributed by atoms with E-state index in [1.807, 2.05) is 41.3 Å². The van der Waals surface area contributed by atoms with E-state index in [2.05, 4.69) is 12.1 Å². The molecule has 2 aromatic rings. The van der Waals surface area contributed by atoms with Crippen LogP contribution in [0.1, 0.15) is 11.1 Å². The van der Waals surface area contributed by atoms with E-state index in [0.717, 1.165) is 55.5 Å². The lowest BCUT2D eigenvalue weighted by atomic mass is 10.1. The summed E-state index contributed by atoms with van der Waals surface area (Å²) in [5.41, 5.74) is 2.22. The molecular weight excluding hydrogens is 356 g/mol. The van der Waals surface area contributed by atoms with Gasteiger partial charge >= 0.3 is 0 Å². The summed E-state index contributed by atoms with van der Waals surface area (Å²) >= 11 is 0. The maximum atomic E-state index is 12.5. The van der Waals surface area contributed by atoms with Gasteiger partial charge in [0, 0.05) is 11.6 Å². The predicted molar refractivity (Wildman–Crippen MR) is 106 cm³/mol. The van der Waals surface area contributed by atoms with Crippen LogP contribution in [0.4, 0.5) is 0 Å². The third-order valence-corrected chi connectivity index (χ3v) is 5.21. The van der Waals surface area contributed by atoms with Crippen LogP contribution in [0.3, 0.4) is 0 Å². The van der Waals surface area contributed by atoms with Crippen LogP contribution in [0.2, 0.25) is 0 Å². The molecule has 0 bridgehead atoms. The van der Waals surface area contributed by atoms with Gasteiger partial charge in [-0.05, 0) is 48.0 Å². The quantitative estimate of drug-likeness (QED) is 0.795. The summed E-state index contributed by atoms with van der Waals surface area (Å²) in [5.74, 6) is 2.41. The van der Waals surface area contributed by atoms with Crippen molar-refractivity contribution in [3.05, 3.63) is 59.7 Å². The smallest absolute Gasteiger partial charge is 0.246 e. The SMILES string of the molecule is COc1ccc(C[NH+]2CCN(C(=O)/C=C/c3ccc4c(c3)OCO4)CC2)cc1. The fraction of sp³-hybridized carbons (Fsp3) is 0.318. The van der Waals surface area contributed by atoms with Crippen LogP contribution < -0.4 is 19.1 Å². The molecule has 2 heterocycles. The van der Waals surface area contributed by atoms with Crippen molar-refractivity contribution in [1.82, 2.24) is 4.90 Å². The molecule has 0 aromatic heterocycles. The van der Waals surface area contributed by atoms with E-state index in [0.29, 0.717) is 0 Å². The number of hydrogen-bond acceptors (Lipinski definition) is 4. The molecule has 2 aliphatic heterocycles. The van der Waals surface area contributed by atoms with Gasteiger partial charge in [-0.2, -0.15) is 0 Å². The van der Waals surface area contributed by atoms with Gasteiger partial charge in [-0.3, -0.25) is 4.79 Å². The summed E-state index contributed by atoms with van der Waals surface area (Å²) in [5, 5.41) is 0. The monoisotopic (exact) mass is 381 g/mol. The van der Waals surface area contributed by atoms with Crippen molar-refractivity contribution >= 4 is 12.0 Å². The number of hydrogen-bond donors (Lipinski definition) is 1. The number of piperazine rings is 1. The van der Waals surface area contributed by atoms with Crippen molar-refractivity contribution in [2.75, 3.05) is 40.1 Å². The molecule has 4 rings (SSSR count). The van der Waals surface area contributed by atoms with E-state index < -0.39 is 0 Å². The third kappa shape index (κ3) is 4.28. The molecule has 2 aromatic carbocycles. The zero-order chi connectivity index (χ0) is 19.3. The summed E-state index contributed by atoms with van der Waals surface area (Å²) in [7, 11) is 1.68. The highest BCUT2D eigenvalue weighted by Crippen LogP contribution is 2.32. The highest BCUT2D eigenvalue weighted by molar-refractivity contribution is 5.91. The molecule has 1 saturated heterocycles. The summed E-state index contributed by atoms with van der Waals surface area (Å²) in [6.07, 6.45) is 3.48. The van der Waals surface area contributed by atoms with Crippen molar-refractivity contribution < 1.29 is 23.9 Å². The van der Waals surface area contributed by atoms with E-state index in [1.165, 1.54) is 10.5 Å². The van der Waals surface area contributed by atoms with Crippen LogP contribution in [0.5, 0.6) is 17.2 Å². The highest BCUT2D eigenvalue weighted by atomic mass is 16.7. The number of methoxy groups -OCH3 is 1. The van der Waals surface area contributed by atoms with E-state index in [9.17, 15) is 4.79 Å². The van der Waals surface area contributed by atoms with Crippen molar-refractivity contribution in [3.63, 3.8) is 0 Å². The first-order chi connectivity index (χ1) is 13.7. The van der Waals surface area contributed by atoms with Gasteiger partial charge in [-0.1, -0.05) is 6.07 Å². The molecule has 6 heteroatoms. The minimum absolute atomic E-state index is 0.0566. The van der Waals surface area contributed by atoms with E-state index in [1.54, 1.807) is 13.2 Å². The lowest BCUT2D eigenvalue weighted by Gasteiger charge is -2.31. The Bertz CT molecular complexity index is 855. The molecule has 28 heavy (non-hydrogen) atoms. The molecule has 0 spiro atoms.